The molecular formula is C40H51ClN4O10S2. The number of halogens is 1. The number of thiazole rings is 2. The molecule has 0 saturated heterocycles. The number of rotatable bonds is 22. The summed E-state index contributed by atoms with van der Waals surface area (Å²) in [4.78, 5) is 49.0. The summed E-state index contributed by atoms with van der Waals surface area (Å²) in [5.74, 6) is -0.585. The molecule has 0 spiro atoms. The van der Waals surface area contributed by atoms with Crippen LogP contribution in [0, 0.1) is 6.92 Å². The van der Waals surface area contributed by atoms with Gasteiger partial charge in [0.05, 0.1) is 61.6 Å². The lowest BCUT2D eigenvalue weighted by molar-refractivity contribution is -0.161. The fourth-order valence-corrected chi connectivity index (χ4v) is 6.96. The Hall–Kier alpha value is -4.16. The zero-order chi connectivity index (χ0) is 41.4. The van der Waals surface area contributed by atoms with E-state index in [0.717, 1.165) is 10.6 Å². The molecule has 0 fully saturated rings. The number of carbonyl (C=O) groups is 3. The molecule has 0 unspecified atom stereocenters. The Morgan fingerprint density at radius 2 is 1.37 bits per heavy atom. The Morgan fingerprint density at radius 1 is 0.772 bits per heavy atom. The number of hydrogen-bond acceptors (Lipinski definition) is 15. The largest absolute Gasteiger partial charge is 0.489 e. The van der Waals surface area contributed by atoms with Crippen LogP contribution in [0.25, 0.3) is 10.6 Å². The number of nitrogens with one attached hydrogen (secondary N) is 1. The van der Waals surface area contributed by atoms with Gasteiger partial charge in [-0.05, 0) is 78.8 Å². The predicted octanol–water partition coefficient (Wildman–Crippen LogP) is 7.75. The highest BCUT2D eigenvalue weighted by Gasteiger charge is 2.22. The third kappa shape index (κ3) is 16.3. The van der Waals surface area contributed by atoms with Gasteiger partial charge in [-0.15, -0.1) is 11.3 Å². The van der Waals surface area contributed by atoms with Crippen LogP contribution >= 0.6 is 34.3 Å². The second kappa shape index (κ2) is 22.1. The molecule has 0 radical (unpaired) electrons. The number of carbonyl (C=O) groups excluding carboxylic acids is 3. The second-order valence-electron chi connectivity index (χ2n) is 14.4. The predicted molar refractivity (Wildman–Crippen MR) is 221 cm³/mol. The van der Waals surface area contributed by atoms with E-state index in [1.54, 1.807) is 84.0 Å². The first-order valence-corrected chi connectivity index (χ1v) is 20.4. The molecular weight excluding hydrogens is 796 g/mol. The average molecular weight is 847 g/mol. The quantitative estimate of drug-likeness (QED) is 0.0606. The number of hydrogen-bond donors (Lipinski definition) is 1. The molecule has 310 valence electrons. The highest BCUT2D eigenvalue weighted by atomic mass is 35.5. The first kappa shape index (κ1) is 45.5. The number of anilines is 3. The molecule has 2 heterocycles. The van der Waals surface area contributed by atoms with Gasteiger partial charge in [-0.2, -0.15) is 0 Å². The van der Waals surface area contributed by atoms with Crippen LogP contribution in [0.2, 0.25) is 5.02 Å². The summed E-state index contributed by atoms with van der Waals surface area (Å²) >= 11 is 9.29. The van der Waals surface area contributed by atoms with E-state index in [1.807, 2.05) is 23.3 Å². The number of benzene rings is 2. The molecule has 1 amide bonds. The van der Waals surface area contributed by atoms with E-state index in [-0.39, 0.29) is 65.4 Å². The molecule has 0 saturated carbocycles. The van der Waals surface area contributed by atoms with Crippen LogP contribution in [0.4, 0.5) is 16.0 Å². The van der Waals surface area contributed by atoms with Crippen LogP contribution in [0.3, 0.4) is 0 Å². The molecule has 0 aliphatic heterocycles. The lowest BCUT2D eigenvalue weighted by Crippen LogP contribution is -2.27. The third-order valence-corrected chi connectivity index (χ3v) is 9.38. The molecule has 2 aromatic carbocycles. The van der Waals surface area contributed by atoms with Crippen molar-refractivity contribution in [1.82, 2.24) is 9.97 Å². The summed E-state index contributed by atoms with van der Waals surface area (Å²) in [7, 11) is 0. The lowest BCUT2D eigenvalue weighted by Gasteiger charge is -2.25. The maximum absolute atomic E-state index is 12.8. The summed E-state index contributed by atoms with van der Waals surface area (Å²) in [6.45, 7) is 14.4. The van der Waals surface area contributed by atoms with Gasteiger partial charge in [0.1, 0.15) is 36.8 Å². The highest BCUT2D eigenvalue weighted by Crippen LogP contribution is 2.40. The molecule has 2 aromatic heterocycles. The van der Waals surface area contributed by atoms with E-state index in [1.165, 1.54) is 22.7 Å². The van der Waals surface area contributed by atoms with Crippen molar-refractivity contribution in [3.8, 4) is 16.3 Å². The highest BCUT2D eigenvalue weighted by molar-refractivity contribution is 7.20. The van der Waals surface area contributed by atoms with Gasteiger partial charge in [-0.3, -0.25) is 10.1 Å². The van der Waals surface area contributed by atoms with Crippen molar-refractivity contribution in [2.75, 3.05) is 76.2 Å². The topological polar surface area (TPSA) is 157 Å². The molecule has 0 aliphatic carbocycles. The maximum Gasteiger partial charge on any atom is 0.332 e. The zero-order valence-corrected chi connectivity index (χ0v) is 35.8. The van der Waals surface area contributed by atoms with Crippen LogP contribution in [0.15, 0.2) is 53.9 Å². The summed E-state index contributed by atoms with van der Waals surface area (Å²) in [5, 5.41) is 6.42. The summed E-state index contributed by atoms with van der Waals surface area (Å²) in [5.41, 5.74) is 1.44. The molecule has 1 N–H and O–H groups in total. The first-order valence-electron chi connectivity index (χ1n) is 18.3. The van der Waals surface area contributed by atoms with Crippen molar-refractivity contribution in [3.63, 3.8) is 0 Å². The smallest absolute Gasteiger partial charge is 0.332 e. The normalized spacial score (nSPS) is 11.6. The van der Waals surface area contributed by atoms with Gasteiger partial charge in [0.25, 0.3) is 5.91 Å². The number of aryl methyl sites for hydroxylation is 1. The van der Waals surface area contributed by atoms with Gasteiger partial charge in [0.15, 0.2) is 10.3 Å². The van der Waals surface area contributed by atoms with Gasteiger partial charge < -0.3 is 38.1 Å². The number of nitrogens with zero attached hydrogens (tertiary/aromatic N) is 3. The first-order chi connectivity index (χ1) is 27.1. The van der Waals surface area contributed by atoms with Crippen LogP contribution < -0.4 is 15.0 Å². The van der Waals surface area contributed by atoms with Crippen molar-refractivity contribution >= 4 is 68.1 Å². The number of ether oxygens (including phenoxy) is 7. The van der Waals surface area contributed by atoms with Crippen LogP contribution in [-0.2, 0) is 38.0 Å². The van der Waals surface area contributed by atoms with E-state index < -0.39 is 23.1 Å². The monoisotopic (exact) mass is 846 g/mol. The molecule has 57 heavy (non-hydrogen) atoms. The van der Waals surface area contributed by atoms with Gasteiger partial charge in [-0.25, -0.2) is 19.6 Å². The van der Waals surface area contributed by atoms with Gasteiger partial charge in [0, 0.05) is 22.5 Å². The number of esters is 2. The lowest BCUT2D eigenvalue weighted by atomic mass is 10.2. The Balaban J connectivity index is 1.42. The zero-order valence-electron chi connectivity index (χ0n) is 33.4. The second-order valence-corrected chi connectivity index (χ2v) is 16.7. The fourth-order valence-electron chi connectivity index (χ4n) is 4.94. The molecule has 0 aliphatic rings. The minimum absolute atomic E-state index is 0.156. The molecule has 4 aromatic rings. The summed E-state index contributed by atoms with van der Waals surface area (Å²) < 4.78 is 39.1. The molecule has 17 heteroatoms. The van der Waals surface area contributed by atoms with E-state index in [9.17, 15) is 14.4 Å². The summed E-state index contributed by atoms with van der Waals surface area (Å²) in [6.07, 6.45) is 0. The van der Waals surface area contributed by atoms with E-state index in [2.05, 4.69) is 10.3 Å². The number of aromatic nitrogens is 2. The Labute approximate surface area is 346 Å². The van der Waals surface area contributed by atoms with E-state index >= 15 is 0 Å². The SMILES string of the molecule is Cc1nc(NC(=O)c2ccccc2)sc1-c1csc(N(CCOCCOCC(=O)OC(C)(C)C)c2cc(Cl)ccc2OCCOCCOCC(=O)OC(C)(C)C)n1. The fraction of sp³-hybridized carbons (Fsp3) is 0.475. The van der Waals surface area contributed by atoms with Crippen molar-refractivity contribution in [2.45, 2.75) is 59.7 Å². The Morgan fingerprint density at radius 3 is 2.00 bits per heavy atom. The minimum atomic E-state index is -0.593. The Bertz CT molecular complexity index is 1890. The van der Waals surface area contributed by atoms with E-state index in [4.69, 9.17) is 49.7 Å². The number of amides is 1. The average Bonchev–Trinajstić information content (AvgIpc) is 3.76. The third-order valence-electron chi connectivity index (χ3n) is 7.19. The van der Waals surface area contributed by atoms with Crippen LogP contribution in [0.5, 0.6) is 5.75 Å². The van der Waals surface area contributed by atoms with Crippen molar-refractivity contribution < 1.29 is 47.5 Å². The maximum atomic E-state index is 12.8. The van der Waals surface area contributed by atoms with Crippen molar-refractivity contribution in [2.24, 2.45) is 0 Å². The Kier molecular flexibility index (Phi) is 17.7. The molecule has 14 nitrogen and oxygen atoms in total. The van der Waals surface area contributed by atoms with Crippen LogP contribution in [-0.4, -0.2) is 105 Å². The summed E-state index contributed by atoms with van der Waals surface area (Å²) in [6, 6.07) is 14.3. The van der Waals surface area contributed by atoms with Crippen molar-refractivity contribution in [3.05, 3.63) is 70.2 Å². The standard InChI is InChI=1S/C40H51ClN4O10S2/c1-27-35(57-37(42-27)44-36(48)28-11-9-8-10-12-28)30-26-56-38(43-30)45(15-16-49-17-19-51-24-33(46)54-39(2,3)4)31-23-29(41)13-14-32(31)53-22-21-50-18-20-52-25-34(47)55-40(5,6)7/h8-14,23,26H,15-22,24-25H2,1-7H3,(H,42,44,48). The van der Waals surface area contributed by atoms with Crippen LogP contribution in [0.1, 0.15) is 57.6 Å². The van der Waals surface area contributed by atoms with Gasteiger partial charge in [0.2, 0.25) is 0 Å². The molecule has 4 rings (SSSR count). The minimum Gasteiger partial charge on any atom is -0.489 e. The van der Waals surface area contributed by atoms with Gasteiger partial charge >= 0.3 is 11.9 Å². The van der Waals surface area contributed by atoms with E-state index in [0.29, 0.717) is 44.5 Å². The van der Waals surface area contributed by atoms with Gasteiger partial charge in [-0.1, -0.05) is 41.1 Å². The van der Waals surface area contributed by atoms with Crippen molar-refractivity contribution in [1.29, 1.82) is 0 Å². The molecule has 0 atom stereocenters. The molecule has 0 bridgehead atoms.